The summed E-state index contributed by atoms with van der Waals surface area (Å²) >= 11 is 0. The van der Waals surface area contributed by atoms with Gasteiger partial charge in [0.2, 0.25) is 0 Å². The number of hydrogen-bond acceptors (Lipinski definition) is 4. The third kappa shape index (κ3) is 4.85. The molecule has 38 heavy (non-hydrogen) atoms. The lowest BCUT2D eigenvalue weighted by molar-refractivity contribution is -0.131. The summed E-state index contributed by atoms with van der Waals surface area (Å²) in [7, 11) is 0. The van der Waals surface area contributed by atoms with Gasteiger partial charge in [0.05, 0.1) is 5.60 Å². The molecule has 0 spiro atoms. The zero-order chi connectivity index (χ0) is 26.9. The lowest BCUT2D eigenvalue weighted by atomic mass is 9.55. The third-order valence-corrected chi connectivity index (χ3v) is 8.75. The van der Waals surface area contributed by atoms with Crippen molar-refractivity contribution in [2.24, 2.45) is 5.92 Å². The van der Waals surface area contributed by atoms with Crippen molar-refractivity contribution < 1.29 is 15.0 Å². The van der Waals surface area contributed by atoms with E-state index in [9.17, 15) is 15.0 Å². The van der Waals surface area contributed by atoms with E-state index < -0.39 is 11.0 Å². The maximum absolute atomic E-state index is 14.1. The van der Waals surface area contributed by atoms with E-state index >= 15 is 0 Å². The zero-order valence-corrected chi connectivity index (χ0v) is 22.6. The summed E-state index contributed by atoms with van der Waals surface area (Å²) in [5, 5.41) is 24.9. The highest BCUT2D eigenvalue weighted by Crippen LogP contribution is 2.53. The standard InChI is InChI=1S/C33H40N2O3/c1-4-17-34-18-16-32(28-10-7-11-30(36)20-28)21-29(14-15-33(32,38)23-34)35(22-24(2)3)31(37)27-13-12-25-8-5-6-9-26(25)19-27/h4-13,19-20,24,29,36,38H,1,14-18,21-23H2,2-3H3/t29-,32+,33+/m1/s1. The number of phenols is 1. The van der Waals surface area contributed by atoms with Crippen molar-refractivity contribution >= 4 is 16.7 Å². The number of amides is 1. The molecule has 1 heterocycles. The maximum Gasteiger partial charge on any atom is 0.254 e. The van der Waals surface area contributed by atoms with Crippen molar-refractivity contribution in [2.45, 2.75) is 56.6 Å². The van der Waals surface area contributed by atoms with Crippen LogP contribution >= 0.6 is 0 Å². The van der Waals surface area contributed by atoms with Crippen LogP contribution in [0, 0.1) is 5.92 Å². The lowest BCUT2D eigenvalue weighted by Crippen LogP contribution is -2.67. The van der Waals surface area contributed by atoms with Crippen molar-refractivity contribution in [1.29, 1.82) is 0 Å². The van der Waals surface area contributed by atoms with Gasteiger partial charge in [-0.2, -0.15) is 0 Å². The molecule has 3 aromatic carbocycles. The first kappa shape index (κ1) is 26.5. The Morgan fingerprint density at radius 1 is 1.11 bits per heavy atom. The minimum atomic E-state index is -0.950. The lowest BCUT2D eigenvalue weighted by Gasteiger charge is -2.59. The molecule has 0 radical (unpaired) electrons. The van der Waals surface area contributed by atoms with Gasteiger partial charge in [0.25, 0.3) is 5.91 Å². The van der Waals surface area contributed by atoms with Gasteiger partial charge in [-0.25, -0.2) is 0 Å². The molecule has 3 atom stereocenters. The zero-order valence-electron chi connectivity index (χ0n) is 22.6. The molecule has 2 fully saturated rings. The van der Waals surface area contributed by atoms with Crippen molar-refractivity contribution in [3.63, 3.8) is 0 Å². The Balaban J connectivity index is 1.52. The van der Waals surface area contributed by atoms with E-state index in [1.807, 2.05) is 60.7 Å². The van der Waals surface area contributed by atoms with Gasteiger partial charge in [0.1, 0.15) is 5.75 Å². The van der Waals surface area contributed by atoms with E-state index in [2.05, 4.69) is 36.3 Å². The third-order valence-electron chi connectivity index (χ3n) is 8.75. The number of benzene rings is 3. The number of aliphatic hydroxyl groups is 1. The van der Waals surface area contributed by atoms with Gasteiger partial charge in [-0.3, -0.25) is 9.69 Å². The number of carbonyl (C=O) groups is 1. The summed E-state index contributed by atoms with van der Waals surface area (Å²) in [6, 6.07) is 21.5. The summed E-state index contributed by atoms with van der Waals surface area (Å²) in [4.78, 5) is 18.4. The second-order valence-corrected chi connectivity index (χ2v) is 11.7. The SMILES string of the molecule is C=CCN1CC[C@@]2(c3cccc(O)c3)C[C@H](N(CC(C)C)C(=O)c3ccc4ccccc4c3)CC[C@]2(O)C1. The summed E-state index contributed by atoms with van der Waals surface area (Å²) in [5.74, 6) is 0.572. The smallest absolute Gasteiger partial charge is 0.254 e. The van der Waals surface area contributed by atoms with Crippen LogP contribution in [0.4, 0.5) is 0 Å². The predicted octanol–water partition coefficient (Wildman–Crippen LogP) is 5.76. The molecule has 1 amide bonds. The summed E-state index contributed by atoms with van der Waals surface area (Å²) in [5.41, 5.74) is 0.169. The Bertz CT molecular complexity index is 1320. The highest BCUT2D eigenvalue weighted by atomic mass is 16.3. The second-order valence-electron chi connectivity index (χ2n) is 11.7. The molecule has 1 saturated heterocycles. The van der Waals surface area contributed by atoms with Crippen molar-refractivity contribution in [2.75, 3.05) is 26.2 Å². The van der Waals surface area contributed by atoms with Crippen LogP contribution in [-0.4, -0.2) is 63.7 Å². The van der Waals surface area contributed by atoms with E-state index in [0.717, 1.165) is 42.3 Å². The maximum atomic E-state index is 14.1. The molecule has 200 valence electrons. The van der Waals surface area contributed by atoms with Crippen molar-refractivity contribution in [3.05, 3.63) is 90.5 Å². The quantitative estimate of drug-likeness (QED) is 0.395. The molecular weight excluding hydrogens is 472 g/mol. The van der Waals surface area contributed by atoms with Crippen LogP contribution in [0.25, 0.3) is 10.8 Å². The van der Waals surface area contributed by atoms with Gasteiger partial charge < -0.3 is 15.1 Å². The molecular formula is C33H40N2O3. The number of phenolic OH excluding ortho intramolecular Hbond substituents is 1. The van der Waals surface area contributed by atoms with Crippen LogP contribution in [0.3, 0.4) is 0 Å². The Hall–Kier alpha value is -3.15. The van der Waals surface area contributed by atoms with Crippen molar-refractivity contribution in [3.8, 4) is 5.75 Å². The molecule has 3 aromatic rings. The Morgan fingerprint density at radius 2 is 1.89 bits per heavy atom. The van der Waals surface area contributed by atoms with Crippen LogP contribution in [0.1, 0.15) is 55.5 Å². The number of fused-ring (bicyclic) bond motifs is 2. The van der Waals surface area contributed by atoms with Gasteiger partial charge in [-0.15, -0.1) is 6.58 Å². The highest BCUT2D eigenvalue weighted by molar-refractivity contribution is 5.98. The average Bonchev–Trinajstić information content (AvgIpc) is 2.90. The summed E-state index contributed by atoms with van der Waals surface area (Å²) < 4.78 is 0. The molecule has 0 aromatic heterocycles. The fourth-order valence-electron chi connectivity index (χ4n) is 6.92. The Kier molecular flexibility index (Phi) is 7.34. The molecule has 5 heteroatoms. The number of β-amino-alcohol motifs (C(OH)–C–C–N with tert-alkyl or cyclic N) is 1. The number of carbonyl (C=O) groups excluding carboxylic acids is 1. The van der Waals surface area contributed by atoms with E-state index in [1.165, 1.54) is 0 Å². The molecule has 2 aliphatic rings. The minimum absolute atomic E-state index is 0.00931. The summed E-state index contributed by atoms with van der Waals surface area (Å²) in [6.07, 6.45) is 4.66. The first-order valence-electron chi connectivity index (χ1n) is 13.9. The van der Waals surface area contributed by atoms with Crippen LogP contribution in [-0.2, 0) is 5.41 Å². The fraction of sp³-hybridized carbons (Fsp3) is 0.424. The van der Waals surface area contributed by atoms with E-state index in [4.69, 9.17) is 0 Å². The van der Waals surface area contributed by atoms with Gasteiger partial charge in [-0.1, -0.05) is 62.4 Å². The first-order chi connectivity index (χ1) is 18.2. The van der Waals surface area contributed by atoms with E-state index in [1.54, 1.807) is 6.07 Å². The topological polar surface area (TPSA) is 64.0 Å². The average molecular weight is 513 g/mol. The molecule has 2 N–H and O–H groups in total. The molecule has 0 unspecified atom stereocenters. The van der Waals surface area contributed by atoms with Crippen LogP contribution in [0.2, 0.25) is 0 Å². The fourth-order valence-corrected chi connectivity index (χ4v) is 6.92. The largest absolute Gasteiger partial charge is 0.508 e. The summed E-state index contributed by atoms with van der Waals surface area (Å²) in [6.45, 7) is 11.0. The molecule has 5 rings (SSSR count). The van der Waals surface area contributed by atoms with Gasteiger partial charge in [0, 0.05) is 36.7 Å². The number of likely N-dealkylation sites (tertiary alicyclic amines) is 1. The van der Waals surface area contributed by atoms with Crippen LogP contribution in [0.15, 0.2) is 79.4 Å². The number of rotatable bonds is 7. The molecule has 1 saturated carbocycles. The normalized spacial score (nSPS) is 25.7. The Morgan fingerprint density at radius 3 is 2.63 bits per heavy atom. The predicted molar refractivity (Wildman–Crippen MR) is 153 cm³/mol. The van der Waals surface area contributed by atoms with Crippen LogP contribution < -0.4 is 0 Å². The van der Waals surface area contributed by atoms with Gasteiger partial charge in [-0.05, 0) is 78.7 Å². The number of nitrogens with zero attached hydrogens (tertiary/aromatic N) is 2. The second kappa shape index (κ2) is 10.5. The monoisotopic (exact) mass is 512 g/mol. The minimum Gasteiger partial charge on any atom is -0.508 e. The van der Waals surface area contributed by atoms with Crippen molar-refractivity contribution in [1.82, 2.24) is 9.80 Å². The van der Waals surface area contributed by atoms with E-state index in [-0.39, 0.29) is 17.7 Å². The van der Waals surface area contributed by atoms with Crippen LogP contribution in [0.5, 0.6) is 5.75 Å². The number of aromatic hydroxyl groups is 1. The molecule has 1 aliphatic heterocycles. The number of piperidine rings is 1. The first-order valence-corrected chi connectivity index (χ1v) is 13.9. The van der Waals surface area contributed by atoms with E-state index in [0.29, 0.717) is 37.4 Å². The van der Waals surface area contributed by atoms with Gasteiger partial charge >= 0.3 is 0 Å². The molecule has 1 aliphatic carbocycles. The molecule has 5 nitrogen and oxygen atoms in total. The molecule has 0 bridgehead atoms. The highest BCUT2D eigenvalue weighted by Gasteiger charge is 2.58. The Labute approximate surface area is 226 Å². The van der Waals surface area contributed by atoms with Gasteiger partial charge in [0.15, 0.2) is 0 Å². The number of hydrogen-bond donors (Lipinski definition) is 2.